The minimum atomic E-state index is -0.0232. The molecule has 0 radical (unpaired) electrons. The van der Waals surface area contributed by atoms with Crippen LogP contribution in [-0.4, -0.2) is 10.9 Å². The van der Waals surface area contributed by atoms with Gasteiger partial charge in [-0.3, -0.25) is 4.79 Å². The molecular formula is C18H20O3. The number of phenols is 1. The number of ketones is 1. The van der Waals surface area contributed by atoms with Crippen LogP contribution in [0, 0.1) is 0 Å². The van der Waals surface area contributed by atoms with Crippen molar-refractivity contribution >= 4 is 5.78 Å². The summed E-state index contributed by atoms with van der Waals surface area (Å²) in [5.41, 5.74) is 0.367. The number of benzene rings is 2. The van der Waals surface area contributed by atoms with Gasteiger partial charge in [-0.1, -0.05) is 38.0 Å². The normalized spacial score (nSPS) is 10.3. The van der Waals surface area contributed by atoms with E-state index in [0.717, 1.165) is 19.3 Å². The molecule has 1 N–H and O–H groups in total. The van der Waals surface area contributed by atoms with Gasteiger partial charge in [0.1, 0.15) is 17.2 Å². The zero-order chi connectivity index (χ0) is 15.1. The molecule has 0 saturated heterocycles. The van der Waals surface area contributed by atoms with Crippen molar-refractivity contribution in [2.45, 2.75) is 32.6 Å². The van der Waals surface area contributed by atoms with E-state index < -0.39 is 0 Å². The fourth-order valence-electron chi connectivity index (χ4n) is 2.11. The summed E-state index contributed by atoms with van der Waals surface area (Å²) in [7, 11) is 0. The number of aromatic hydroxyl groups is 1. The van der Waals surface area contributed by atoms with Gasteiger partial charge < -0.3 is 9.84 Å². The van der Waals surface area contributed by atoms with E-state index >= 15 is 0 Å². The van der Waals surface area contributed by atoms with Crippen LogP contribution < -0.4 is 4.74 Å². The minimum Gasteiger partial charge on any atom is -0.507 e. The second-order valence-electron chi connectivity index (χ2n) is 4.97. The van der Waals surface area contributed by atoms with Gasteiger partial charge in [-0.2, -0.15) is 0 Å². The molecule has 0 atom stereocenters. The van der Waals surface area contributed by atoms with Gasteiger partial charge in [-0.25, -0.2) is 0 Å². The van der Waals surface area contributed by atoms with E-state index in [-0.39, 0.29) is 11.5 Å². The number of unbranched alkanes of at least 4 members (excludes halogenated alkanes) is 2. The third-order valence-electron chi connectivity index (χ3n) is 3.26. The molecule has 0 aliphatic carbocycles. The Balaban J connectivity index is 2.05. The highest BCUT2D eigenvalue weighted by molar-refractivity contribution is 5.98. The molecule has 0 aromatic heterocycles. The lowest BCUT2D eigenvalue weighted by molar-refractivity contribution is 0.0976. The number of hydrogen-bond donors (Lipinski definition) is 1. The van der Waals surface area contributed by atoms with Crippen molar-refractivity contribution in [1.29, 1.82) is 0 Å². The van der Waals surface area contributed by atoms with E-state index in [9.17, 15) is 9.90 Å². The van der Waals surface area contributed by atoms with E-state index in [1.165, 1.54) is 6.07 Å². The Bertz CT molecular complexity index is 591. The van der Waals surface area contributed by atoms with Gasteiger partial charge in [-0.15, -0.1) is 0 Å². The molecule has 0 heterocycles. The number of hydrogen-bond acceptors (Lipinski definition) is 3. The molecular weight excluding hydrogens is 264 g/mol. The van der Waals surface area contributed by atoms with Crippen molar-refractivity contribution in [1.82, 2.24) is 0 Å². The van der Waals surface area contributed by atoms with Crippen molar-refractivity contribution in [3.8, 4) is 17.2 Å². The Kier molecular flexibility index (Phi) is 5.38. The molecule has 2 aromatic carbocycles. The first-order valence-electron chi connectivity index (χ1n) is 7.30. The van der Waals surface area contributed by atoms with E-state index in [1.54, 1.807) is 12.1 Å². The lowest BCUT2D eigenvalue weighted by atomic mass is 10.0. The van der Waals surface area contributed by atoms with Crippen LogP contribution in [0.4, 0.5) is 0 Å². The molecule has 0 saturated carbocycles. The van der Waals surface area contributed by atoms with Crippen LogP contribution in [0.25, 0.3) is 0 Å². The average molecular weight is 284 g/mol. The molecule has 0 aliphatic rings. The number of carbonyl (C=O) groups is 1. The standard InChI is InChI=1S/C18H20O3/c1-2-3-5-10-17(19)16-12-11-15(13-18(16)20)21-14-8-6-4-7-9-14/h4,6-9,11-13,20H,2-3,5,10H2,1H3. The van der Waals surface area contributed by atoms with Gasteiger partial charge in [0.05, 0.1) is 5.56 Å². The van der Waals surface area contributed by atoms with Gasteiger partial charge >= 0.3 is 0 Å². The van der Waals surface area contributed by atoms with Crippen LogP contribution in [0.5, 0.6) is 17.2 Å². The first kappa shape index (κ1) is 15.1. The van der Waals surface area contributed by atoms with Crippen molar-refractivity contribution in [3.63, 3.8) is 0 Å². The quantitative estimate of drug-likeness (QED) is 0.578. The topological polar surface area (TPSA) is 46.5 Å². The number of Topliss-reactive ketones (excluding diaryl/α,β-unsaturated/α-hetero) is 1. The van der Waals surface area contributed by atoms with E-state index in [4.69, 9.17) is 4.74 Å². The number of carbonyl (C=O) groups excluding carboxylic acids is 1. The maximum absolute atomic E-state index is 12.0. The Morgan fingerprint density at radius 1 is 1.05 bits per heavy atom. The van der Waals surface area contributed by atoms with Crippen LogP contribution in [0.15, 0.2) is 48.5 Å². The van der Waals surface area contributed by atoms with Gasteiger partial charge in [-0.05, 0) is 30.7 Å². The summed E-state index contributed by atoms with van der Waals surface area (Å²) >= 11 is 0. The molecule has 0 bridgehead atoms. The Labute approximate surface area is 125 Å². The summed E-state index contributed by atoms with van der Waals surface area (Å²) in [5, 5.41) is 10.00. The predicted molar refractivity (Wildman–Crippen MR) is 83.1 cm³/mol. The minimum absolute atomic E-state index is 0.0211. The van der Waals surface area contributed by atoms with Crippen molar-refractivity contribution in [2.75, 3.05) is 0 Å². The highest BCUT2D eigenvalue weighted by atomic mass is 16.5. The lowest BCUT2D eigenvalue weighted by Gasteiger charge is -2.08. The first-order valence-corrected chi connectivity index (χ1v) is 7.30. The molecule has 21 heavy (non-hydrogen) atoms. The molecule has 3 nitrogen and oxygen atoms in total. The number of rotatable bonds is 7. The monoisotopic (exact) mass is 284 g/mol. The van der Waals surface area contributed by atoms with E-state index in [2.05, 4.69) is 6.92 Å². The fourth-order valence-corrected chi connectivity index (χ4v) is 2.11. The Morgan fingerprint density at radius 3 is 2.48 bits per heavy atom. The van der Waals surface area contributed by atoms with E-state index in [1.807, 2.05) is 30.3 Å². The number of phenolic OH excluding ortho intramolecular Hbond substituents is 1. The van der Waals surface area contributed by atoms with Gasteiger partial charge in [0, 0.05) is 12.5 Å². The molecule has 110 valence electrons. The first-order chi connectivity index (χ1) is 10.2. The van der Waals surface area contributed by atoms with Gasteiger partial charge in [0.15, 0.2) is 5.78 Å². The average Bonchev–Trinajstić information content (AvgIpc) is 2.48. The van der Waals surface area contributed by atoms with E-state index in [0.29, 0.717) is 23.5 Å². The SMILES string of the molecule is CCCCCC(=O)c1ccc(Oc2ccccc2)cc1O. The predicted octanol–water partition coefficient (Wildman–Crippen LogP) is 4.95. The highest BCUT2D eigenvalue weighted by Crippen LogP contribution is 2.28. The summed E-state index contributed by atoms with van der Waals surface area (Å²) in [5.74, 6) is 1.17. The summed E-state index contributed by atoms with van der Waals surface area (Å²) in [6.07, 6.45) is 3.43. The van der Waals surface area contributed by atoms with Crippen LogP contribution in [0.3, 0.4) is 0 Å². The Hall–Kier alpha value is -2.29. The number of para-hydroxylation sites is 1. The summed E-state index contributed by atoms with van der Waals surface area (Å²) in [4.78, 5) is 12.0. The maximum atomic E-state index is 12.0. The zero-order valence-electron chi connectivity index (χ0n) is 12.2. The molecule has 2 rings (SSSR count). The summed E-state index contributed by atoms with van der Waals surface area (Å²) < 4.78 is 5.62. The molecule has 0 fully saturated rings. The molecule has 0 amide bonds. The van der Waals surface area contributed by atoms with Crippen LogP contribution in [0.1, 0.15) is 43.0 Å². The molecule has 0 unspecified atom stereocenters. The maximum Gasteiger partial charge on any atom is 0.166 e. The smallest absolute Gasteiger partial charge is 0.166 e. The summed E-state index contributed by atoms with van der Waals surface area (Å²) in [6, 6.07) is 14.1. The van der Waals surface area contributed by atoms with Crippen molar-refractivity contribution < 1.29 is 14.6 Å². The van der Waals surface area contributed by atoms with Gasteiger partial charge in [0.2, 0.25) is 0 Å². The largest absolute Gasteiger partial charge is 0.507 e. The summed E-state index contributed by atoms with van der Waals surface area (Å²) in [6.45, 7) is 2.09. The molecule has 0 spiro atoms. The second kappa shape index (κ2) is 7.48. The lowest BCUT2D eigenvalue weighted by Crippen LogP contribution is -1.99. The zero-order valence-corrected chi connectivity index (χ0v) is 12.2. The molecule has 3 heteroatoms. The highest BCUT2D eigenvalue weighted by Gasteiger charge is 2.12. The Morgan fingerprint density at radius 2 is 1.81 bits per heavy atom. The van der Waals surface area contributed by atoms with Crippen LogP contribution in [0.2, 0.25) is 0 Å². The third-order valence-corrected chi connectivity index (χ3v) is 3.26. The third kappa shape index (κ3) is 4.35. The second-order valence-corrected chi connectivity index (χ2v) is 4.97. The van der Waals surface area contributed by atoms with Crippen molar-refractivity contribution in [3.05, 3.63) is 54.1 Å². The van der Waals surface area contributed by atoms with Crippen LogP contribution in [-0.2, 0) is 0 Å². The number of ether oxygens (including phenoxy) is 1. The molecule has 2 aromatic rings. The van der Waals surface area contributed by atoms with Crippen molar-refractivity contribution in [2.24, 2.45) is 0 Å². The van der Waals surface area contributed by atoms with Gasteiger partial charge in [0.25, 0.3) is 0 Å². The fraction of sp³-hybridized carbons (Fsp3) is 0.278. The van der Waals surface area contributed by atoms with Crippen LogP contribution >= 0.6 is 0 Å². The molecule has 0 aliphatic heterocycles.